The second-order valence-corrected chi connectivity index (χ2v) is 7.22. The lowest BCUT2D eigenvalue weighted by Gasteiger charge is -2.20. The number of hydrogen-bond acceptors (Lipinski definition) is 4. The fourth-order valence-electron chi connectivity index (χ4n) is 2.03. The van der Waals surface area contributed by atoms with Gasteiger partial charge in [0.05, 0.1) is 5.75 Å². The molecule has 1 aromatic carbocycles. The first-order valence-corrected chi connectivity index (χ1v) is 8.90. The molecule has 0 heterocycles. The van der Waals surface area contributed by atoms with Crippen molar-refractivity contribution in [3.8, 4) is 0 Å². The Morgan fingerprint density at radius 1 is 1.18 bits per heavy atom. The van der Waals surface area contributed by atoms with Crippen molar-refractivity contribution >= 4 is 21.7 Å². The standard InChI is InChI=1S/C15H21NO5S/c1-2-10-22(20,21)12-14(17)16(11-15(18)19)9-8-13-6-4-3-5-7-13/h3-7H,2,8-12H2,1H3,(H,18,19). The van der Waals surface area contributed by atoms with Crippen LogP contribution < -0.4 is 0 Å². The molecule has 0 aliphatic rings. The molecule has 0 radical (unpaired) electrons. The van der Waals surface area contributed by atoms with Crippen LogP contribution >= 0.6 is 0 Å². The highest BCUT2D eigenvalue weighted by Gasteiger charge is 2.22. The van der Waals surface area contributed by atoms with Gasteiger partial charge in [0.1, 0.15) is 12.3 Å². The summed E-state index contributed by atoms with van der Waals surface area (Å²) < 4.78 is 23.4. The van der Waals surface area contributed by atoms with Gasteiger partial charge < -0.3 is 10.0 Å². The first-order chi connectivity index (χ1) is 10.3. The Bertz CT molecular complexity index is 598. The minimum atomic E-state index is -3.48. The van der Waals surface area contributed by atoms with Crippen molar-refractivity contribution in [2.24, 2.45) is 0 Å². The van der Waals surface area contributed by atoms with Gasteiger partial charge in [-0.1, -0.05) is 37.3 Å². The molecule has 0 bridgehead atoms. The zero-order valence-electron chi connectivity index (χ0n) is 12.6. The van der Waals surface area contributed by atoms with E-state index in [0.717, 1.165) is 10.5 Å². The number of carbonyl (C=O) groups excluding carboxylic acids is 1. The van der Waals surface area contributed by atoms with Crippen molar-refractivity contribution in [1.82, 2.24) is 4.90 Å². The van der Waals surface area contributed by atoms with Gasteiger partial charge in [0, 0.05) is 6.54 Å². The third-order valence-electron chi connectivity index (χ3n) is 3.05. The lowest BCUT2D eigenvalue weighted by atomic mass is 10.1. The molecule has 0 spiro atoms. The number of benzene rings is 1. The fraction of sp³-hybridized carbons (Fsp3) is 0.467. The molecule has 1 rings (SSSR count). The molecule has 22 heavy (non-hydrogen) atoms. The van der Waals surface area contributed by atoms with Crippen molar-refractivity contribution in [3.63, 3.8) is 0 Å². The maximum atomic E-state index is 12.1. The number of rotatable bonds is 9. The molecular weight excluding hydrogens is 306 g/mol. The van der Waals surface area contributed by atoms with Crippen molar-refractivity contribution in [2.45, 2.75) is 19.8 Å². The number of nitrogens with zero attached hydrogens (tertiary/aromatic N) is 1. The fourth-order valence-corrected chi connectivity index (χ4v) is 3.35. The van der Waals surface area contributed by atoms with E-state index in [2.05, 4.69) is 0 Å². The third kappa shape index (κ3) is 6.71. The number of carboxylic acids is 1. The van der Waals surface area contributed by atoms with Crippen LogP contribution in [-0.2, 0) is 25.8 Å². The van der Waals surface area contributed by atoms with Crippen LogP contribution in [0.2, 0.25) is 0 Å². The summed E-state index contributed by atoms with van der Waals surface area (Å²) in [6, 6.07) is 9.31. The van der Waals surface area contributed by atoms with Crippen molar-refractivity contribution < 1.29 is 23.1 Å². The van der Waals surface area contributed by atoms with Crippen LogP contribution in [0.4, 0.5) is 0 Å². The molecule has 1 N–H and O–H groups in total. The van der Waals surface area contributed by atoms with E-state index < -0.39 is 34.0 Å². The molecule has 0 aliphatic carbocycles. The first kappa shape index (κ1) is 18.2. The Hall–Kier alpha value is -1.89. The van der Waals surface area contributed by atoms with Crippen LogP contribution in [0.15, 0.2) is 30.3 Å². The lowest BCUT2D eigenvalue weighted by molar-refractivity contribution is -0.143. The minimum Gasteiger partial charge on any atom is -0.480 e. The molecule has 0 unspecified atom stereocenters. The quantitative estimate of drug-likeness (QED) is 0.729. The maximum absolute atomic E-state index is 12.1. The summed E-state index contributed by atoms with van der Waals surface area (Å²) in [4.78, 5) is 24.0. The van der Waals surface area contributed by atoms with Gasteiger partial charge in [0.2, 0.25) is 5.91 Å². The van der Waals surface area contributed by atoms with Gasteiger partial charge in [-0.2, -0.15) is 0 Å². The third-order valence-corrected chi connectivity index (χ3v) is 4.77. The highest BCUT2D eigenvalue weighted by molar-refractivity contribution is 7.92. The van der Waals surface area contributed by atoms with Crippen LogP contribution in [-0.4, -0.2) is 54.9 Å². The van der Waals surface area contributed by atoms with Crippen LogP contribution in [0.25, 0.3) is 0 Å². The number of hydrogen-bond donors (Lipinski definition) is 1. The van der Waals surface area contributed by atoms with Gasteiger partial charge in [0.25, 0.3) is 0 Å². The van der Waals surface area contributed by atoms with Crippen molar-refractivity contribution in [1.29, 1.82) is 0 Å². The average molecular weight is 327 g/mol. The molecule has 7 heteroatoms. The number of amides is 1. The molecule has 0 saturated heterocycles. The number of aliphatic carboxylic acids is 1. The molecule has 0 atom stereocenters. The SMILES string of the molecule is CCCS(=O)(=O)CC(=O)N(CCc1ccccc1)CC(=O)O. The van der Waals surface area contributed by atoms with Gasteiger partial charge in [-0.15, -0.1) is 0 Å². The van der Waals surface area contributed by atoms with Crippen LogP contribution in [0.1, 0.15) is 18.9 Å². The summed E-state index contributed by atoms with van der Waals surface area (Å²) in [7, 11) is -3.48. The maximum Gasteiger partial charge on any atom is 0.323 e. The Labute approximate surface area is 130 Å². The van der Waals surface area contributed by atoms with E-state index in [9.17, 15) is 18.0 Å². The second-order valence-electron chi connectivity index (χ2n) is 5.04. The number of carboxylic acid groups (broad SMARTS) is 1. The van der Waals surface area contributed by atoms with E-state index in [4.69, 9.17) is 5.11 Å². The molecule has 0 aliphatic heterocycles. The predicted molar refractivity (Wildman–Crippen MR) is 83.3 cm³/mol. The normalized spacial score (nSPS) is 11.1. The topological polar surface area (TPSA) is 91.8 Å². The van der Waals surface area contributed by atoms with Crippen molar-refractivity contribution in [3.05, 3.63) is 35.9 Å². The molecule has 1 amide bonds. The van der Waals surface area contributed by atoms with Crippen LogP contribution in [0.5, 0.6) is 0 Å². The summed E-state index contributed by atoms with van der Waals surface area (Å²) in [6.07, 6.45) is 0.909. The number of sulfone groups is 1. The molecule has 0 fully saturated rings. The van der Waals surface area contributed by atoms with Gasteiger partial charge in [-0.3, -0.25) is 9.59 Å². The van der Waals surface area contributed by atoms with E-state index in [-0.39, 0.29) is 12.3 Å². The Balaban J connectivity index is 2.71. The largest absolute Gasteiger partial charge is 0.480 e. The van der Waals surface area contributed by atoms with Gasteiger partial charge in [-0.05, 0) is 18.4 Å². The Kier molecular flexibility index (Phi) is 7.04. The highest BCUT2D eigenvalue weighted by Crippen LogP contribution is 2.04. The molecule has 0 aromatic heterocycles. The van der Waals surface area contributed by atoms with E-state index >= 15 is 0 Å². The summed E-state index contributed by atoms with van der Waals surface area (Å²) in [5.41, 5.74) is 0.960. The van der Waals surface area contributed by atoms with E-state index in [1.165, 1.54) is 0 Å². The number of carbonyl (C=O) groups is 2. The molecule has 6 nitrogen and oxygen atoms in total. The zero-order chi connectivity index (χ0) is 16.6. The summed E-state index contributed by atoms with van der Waals surface area (Å²) in [5.74, 6) is -2.53. The van der Waals surface area contributed by atoms with E-state index in [0.29, 0.717) is 12.8 Å². The zero-order valence-corrected chi connectivity index (χ0v) is 13.4. The van der Waals surface area contributed by atoms with Gasteiger partial charge in [0.15, 0.2) is 9.84 Å². The smallest absolute Gasteiger partial charge is 0.323 e. The average Bonchev–Trinajstić information content (AvgIpc) is 2.43. The Morgan fingerprint density at radius 2 is 1.82 bits per heavy atom. The van der Waals surface area contributed by atoms with E-state index in [1.807, 2.05) is 30.3 Å². The lowest BCUT2D eigenvalue weighted by Crippen LogP contribution is -2.40. The molecule has 122 valence electrons. The molecule has 0 saturated carbocycles. The van der Waals surface area contributed by atoms with Gasteiger partial charge >= 0.3 is 5.97 Å². The van der Waals surface area contributed by atoms with Crippen LogP contribution in [0, 0.1) is 0 Å². The van der Waals surface area contributed by atoms with Crippen molar-refractivity contribution in [2.75, 3.05) is 24.6 Å². The molecular formula is C15H21NO5S. The molecule has 1 aromatic rings. The second kappa shape index (κ2) is 8.53. The highest BCUT2D eigenvalue weighted by atomic mass is 32.2. The van der Waals surface area contributed by atoms with Crippen LogP contribution in [0.3, 0.4) is 0 Å². The monoisotopic (exact) mass is 327 g/mol. The summed E-state index contributed by atoms with van der Waals surface area (Å²) in [6.45, 7) is 1.40. The first-order valence-electron chi connectivity index (χ1n) is 7.08. The van der Waals surface area contributed by atoms with E-state index in [1.54, 1.807) is 6.92 Å². The van der Waals surface area contributed by atoms with Gasteiger partial charge in [-0.25, -0.2) is 8.42 Å². The predicted octanol–water partition coefficient (Wildman–Crippen LogP) is 0.967. The minimum absolute atomic E-state index is 0.0711. The summed E-state index contributed by atoms with van der Waals surface area (Å²) >= 11 is 0. The summed E-state index contributed by atoms with van der Waals surface area (Å²) in [5, 5.41) is 8.89. The Morgan fingerprint density at radius 3 is 2.36 bits per heavy atom.